The second kappa shape index (κ2) is 10.4. The molecule has 1 aliphatic heterocycles. The van der Waals surface area contributed by atoms with Gasteiger partial charge < -0.3 is 10.1 Å². The first-order chi connectivity index (χ1) is 14.9. The van der Waals surface area contributed by atoms with Crippen LogP contribution in [0.2, 0.25) is 0 Å². The van der Waals surface area contributed by atoms with Crippen molar-refractivity contribution in [2.24, 2.45) is 0 Å². The number of hydrogen-bond acceptors (Lipinski definition) is 4. The lowest BCUT2D eigenvalue weighted by atomic mass is 10.0. The van der Waals surface area contributed by atoms with Gasteiger partial charge in [0.05, 0.1) is 5.57 Å². The molecule has 0 fully saturated rings. The molecule has 0 aliphatic carbocycles. The Bertz CT molecular complexity index is 983. The van der Waals surface area contributed by atoms with Crippen LogP contribution in [0.5, 0.6) is 0 Å². The van der Waals surface area contributed by atoms with Gasteiger partial charge >= 0.3 is 0 Å². The van der Waals surface area contributed by atoms with Crippen LogP contribution in [-0.2, 0) is 14.3 Å². The standard InChI is InChI=1S/C25H29FN2O3/c1-4-5-14-31-15-6-13-28-24(29)22(19-8-10-20(26)11-9-19)23(25(28)30)27-21-12-7-17(2)16-18(21)3/h7-12,16,27H,4-6,13-15H2,1-3H3. The number of halogens is 1. The number of unbranched alkanes of at least 4 members (excludes halogenated alkanes) is 1. The number of benzene rings is 2. The van der Waals surface area contributed by atoms with Crippen molar-refractivity contribution in [3.05, 3.63) is 70.7 Å². The second-order valence-electron chi connectivity index (χ2n) is 7.78. The fraction of sp³-hybridized carbons (Fsp3) is 0.360. The van der Waals surface area contributed by atoms with Gasteiger partial charge in [0.1, 0.15) is 11.5 Å². The van der Waals surface area contributed by atoms with Gasteiger partial charge in [-0.2, -0.15) is 0 Å². The molecule has 2 amide bonds. The Balaban J connectivity index is 1.85. The summed E-state index contributed by atoms with van der Waals surface area (Å²) in [7, 11) is 0. The van der Waals surface area contributed by atoms with Crippen molar-refractivity contribution >= 4 is 23.1 Å². The molecule has 0 aromatic heterocycles. The maximum absolute atomic E-state index is 13.4. The van der Waals surface area contributed by atoms with Crippen LogP contribution < -0.4 is 5.32 Å². The minimum Gasteiger partial charge on any atom is -0.381 e. The molecule has 6 heteroatoms. The number of anilines is 1. The first-order valence-corrected chi connectivity index (χ1v) is 10.7. The largest absolute Gasteiger partial charge is 0.381 e. The van der Waals surface area contributed by atoms with E-state index < -0.39 is 5.82 Å². The van der Waals surface area contributed by atoms with Gasteiger partial charge in [-0.3, -0.25) is 14.5 Å². The van der Waals surface area contributed by atoms with Gasteiger partial charge in [0.15, 0.2) is 0 Å². The number of ether oxygens (including phenoxy) is 1. The lowest BCUT2D eigenvalue weighted by Gasteiger charge is -2.16. The zero-order valence-electron chi connectivity index (χ0n) is 18.3. The fourth-order valence-corrected chi connectivity index (χ4v) is 3.54. The van der Waals surface area contributed by atoms with E-state index in [1.54, 1.807) is 0 Å². The van der Waals surface area contributed by atoms with Crippen LogP contribution in [0.25, 0.3) is 5.57 Å². The number of imide groups is 1. The van der Waals surface area contributed by atoms with E-state index in [1.807, 2.05) is 32.0 Å². The summed E-state index contributed by atoms with van der Waals surface area (Å²) in [5.41, 5.74) is 3.82. The summed E-state index contributed by atoms with van der Waals surface area (Å²) >= 11 is 0. The molecule has 0 atom stereocenters. The predicted molar refractivity (Wildman–Crippen MR) is 120 cm³/mol. The molecule has 0 saturated heterocycles. The van der Waals surface area contributed by atoms with E-state index in [4.69, 9.17) is 4.74 Å². The number of nitrogens with one attached hydrogen (secondary N) is 1. The van der Waals surface area contributed by atoms with E-state index in [-0.39, 0.29) is 29.6 Å². The highest BCUT2D eigenvalue weighted by molar-refractivity contribution is 6.36. The van der Waals surface area contributed by atoms with Crippen molar-refractivity contribution in [2.75, 3.05) is 25.1 Å². The number of rotatable bonds is 10. The van der Waals surface area contributed by atoms with Crippen LogP contribution in [0.15, 0.2) is 48.2 Å². The number of carbonyl (C=O) groups is 2. The van der Waals surface area contributed by atoms with Crippen molar-refractivity contribution < 1.29 is 18.7 Å². The first-order valence-electron chi connectivity index (χ1n) is 10.7. The van der Waals surface area contributed by atoms with Crippen molar-refractivity contribution in [1.82, 2.24) is 4.90 Å². The van der Waals surface area contributed by atoms with E-state index in [0.717, 1.165) is 29.7 Å². The molecule has 164 valence electrons. The predicted octanol–water partition coefficient (Wildman–Crippen LogP) is 4.84. The van der Waals surface area contributed by atoms with Crippen LogP contribution in [0.4, 0.5) is 10.1 Å². The lowest BCUT2D eigenvalue weighted by Crippen LogP contribution is -2.34. The molecule has 0 spiro atoms. The van der Waals surface area contributed by atoms with Gasteiger partial charge in [0, 0.05) is 25.4 Å². The van der Waals surface area contributed by atoms with Crippen LogP contribution in [0.1, 0.15) is 42.9 Å². The third-order valence-electron chi connectivity index (χ3n) is 5.26. The van der Waals surface area contributed by atoms with Gasteiger partial charge in [-0.25, -0.2) is 4.39 Å². The Morgan fingerprint density at radius 3 is 2.35 bits per heavy atom. The molecule has 5 nitrogen and oxygen atoms in total. The van der Waals surface area contributed by atoms with E-state index in [2.05, 4.69) is 12.2 Å². The average molecular weight is 425 g/mol. The van der Waals surface area contributed by atoms with Crippen molar-refractivity contribution in [1.29, 1.82) is 0 Å². The number of amides is 2. The molecule has 2 aromatic rings. The third kappa shape index (κ3) is 5.39. The summed E-state index contributed by atoms with van der Waals surface area (Å²) in [5, 5.41) is 3.17. The summed E-state index contributed by atoms with van der Waals surface area (Å²) in [4.78, 5) is 27.6. The summed E-state index contributed by atoms with van der Waals surface area (Å²) in [6.07, 6.45) is 2.61. The molecule has 0 saturated carbocycles. The highest BCUT2D eigenvalue weighted by atomic mass is 19.1. The Morgan fingerprint density at radius 2 is 1.68 bits per heavy atom. The Morgan fingerprint density at radius 1 is 0.968 bits per heavy atom. The maximum atomic E-state index is 13.4. The highest BCUT2D eigenvalue weighted by Gasteiger charge is 2.39. The monoisotopic (exact) mass is 424 g/mol. The van der Waals surface area contributed by atoms with Crippen molar-refractivity contribution in [2.45, 2.75) is 40.0 Å². The van der Waals surface area contributed by atoms with E-state index in [1.165, 1.54) is 29.2 Å². The van der Waals surface area contributed by atoms with Crippen LogP contribution in [0, 0.1) is 19.7 Å². The minimum atomic E-state index is -0.397. The van der Waals surface area contributed by atoms with Gasteiger partial charge in [-0.15, -0.1) is 0 Å². The van der Waals surface area contributed by atoms with Gasteiger partial charge in [-0.05, 0) is 56.0 Å². The molecule has 0 radical (unpaired) electrons. The smallest absolute Gasteiger partial charge is 0.278 e. The second-order valence-corrected chi connectivity index (χ2v) is 7.78. The van der Waals surface area contributed by atoms with Gasteiger partial charge in [0.25, 0.3) is 11.8 Å². The third-order valence-corrected chi connectivity index (χ3v) is 5.26. The Kier molecular flexibility index (Phi) is 7.58. The van der Waals surface area contributed by atoms with Crippen molar-refractivity contribution in [3.63, 3.8) is 0 Å². The Labute approximate surface area is 182 Å². The Hall–Kier alpha value is -2.99. The molecular weight excluding hydrogens is 395 g/mol. The van der Waals surface area contributed by atoms with E-state index in [9.17, 15) is 14.0 Å². The van der Waals surface area contributed by atoms with Crippen LogP contribution in [-0.4, -0.2) is 36.5 Å². The van der Waals surface area contributed by atoms with Gasteiger partial charge in [0.2, 0.25) is 0 Å². The summed E-state index contributed by atoms with van der Waals surface area (Å²) < 4.78 is 19.0. The summed E-state index contributed by atoms with van der Waals surface area (Å²) in [5.74, 6) is -1.15. The molecule has 1 N–H and O–H groups in total. The van der Waals surface area contributed by atoms with E-state index >= 15 is 0 Å². The molecular formula is C25H29FN2O3. The first kappa shape index (κ1) is 22.7. The zero-order valence-corrected chi connectivity index (χ0v) is 18.3. The topological polar surface area (TPSA) is 58.6 Å². The minimum absolute atomic E-state index is 0.218. The van der Waals surface area contributed by atoms with Gasteiger partial charge in [-0.1, -0.05) is 43.2 Å². The number of nitrogens with zero attached hydrogens (tertiary/aromatic N) is 1. The quantitative estimate of drug-likeness (QED) is 0.438. The normalized spacial score (nSPS) is 14.0. The SMILES string of the molecule is CCCCOCCCN1C(=O)C(Nc2ccc(C)cc2C)=C(c2ccc(F)cc2)C1=O. The van der Waals surface area contributed by atoms with Crippen LogP contribution >= 0.6 is 0 Å². The number of carbonyl (C=O) groups excluding carboxylic acids is 2. The molecule has 1 heterocycles. The lowest BCUT2D eigenvalue weighted by molar-refractivity contribution is -0.137. The van der Waals surface area contributed by atoms with Crippen molar-refractivity contribution in [3.8, 4) is 0 Å². The molecule has 0 unspecified atom stereocenters. The number of aryl methyl sites for hydroxylation is 2. The highest BCUT2D eigenvalue weighted by Crippen LogP contribution is 2.31. The fourth-order valence-electron chi connectivity index (χ4n) is 3.54. The summed E-state index contributed by atoms with van der Waals surface area (Å²) in [6, 6.07) is 11.5. The molecule has 3 rings (SSSR count). The molecule has 0 bridgehead atoms. The van der Waals surface area contributed by atoms with Crippen LogP contribution in [0.3, 0.4) is 0 Å². The molecule has 31 heavy (non-hydrogen) atoms. The summed E-state index contributed by atoms with van der Waals surface area (Å²) in [6.45, 7) is 7.47. The number of hydrogen-bond donors (Lipinski definition) is 1. The average Bonchev–Trinajstić information content (AvgIpc) is 2.97. The maximum Gasteiger partial charge on any atom is 0.278 e. The molecule has 1 aliphatic rings. The molecule has 2 aromatic carbocycles. The van der Waals surface area contributed by atoms with E-state index in [0.29, 0.717) is 25.2 Å². The zero-order chi connectivity index (χ0) is 22.4.